The van der Waals surface area contributed by atoms with E-state index in [-0.39, 0.29) is 6.61 Å². The van der Waals surface area contributed by atoms with Crippen molar-refractivity contribution in [3.63, 3.8) is 0 Å². The molecule has 0 amide bonds. The number of aromatic amines is 1. The number of nitrogens with one attached hydrogen (secondary N) is 1. The number of aromatic nitrogens is 1. The van der Waals surface area contributed by atoms with Gasteiger partial charge in [-0.2, -0.15) is 0 Å². The van der Waals surface area contributed by atoms with E-state index in [1.807, 2.05) is 0 Å². The maximum Gasteiger partial charge on any atom is 0.0654 e. The zero-order valence-electron chi connectivity index (χ0n) is 13.4. The van der Waals surface area contributed by atoms with E-state index in [4.69, 9.17) is 0 Å². The molecule has 0 radical (unpaired) electrons. The Morgan fingerprint density at radius 1 is 1.36 bits per heavy atom. The summed E-state index contributed by atoms with van der Waals surface area (Å²) >= 11 is 0. The van der Waals surface area contributed by atoms with Crippen LogP contribution >= 0.6 is 0 Å². The molecule has 0 saturated heterocycles. The molecular weight excluding hydrogens is 272 g/mol. The van der Waals surface area contributed by atoms with Crippen molar-refractivity contribution >= 4 is 10.9 Å². The summed E-state index contributed by atoms with van der Waals surface area (Å²) in [5.41, 5.74) is 6.67. The summed E-state index contributed by atoms with van der Waals surface area (Å²) in [6.07, 6.45) is 4.60. The summed E-state index contributed by atoms with van der Waals surface area (Å²) in [7, 11) is 0. The van der Waals surface area contributed by atoms with E-state index in [2.05, 4.69) is 48.0 Å². The number of fused-ring (bicyclic) bond motifs is 2. The highest BCUT2D eigenvalue weighted by Gasteiger charge is 2.37. The van der Waals surface area contributed by atoms with Crippen molar-refractivity contribution in [1.29, 1.82) is 0 Å². The van der Waals surface area contributed by atoms with Gasteiger partial charge < -0.3 is 10.1 Å². The number of aliphatic hydroxyl groups excluding tert-OH is 1. The summed E-state index contributed by atoms with van der Waals surface area (Å²) in [6.45, 7) is 6.63. The van der Waals surface area contributed by atoms with Crippen LogP contribution < -0.4 is 0 Å². The molecule has 22 heavy (non-hydrogen) atoms. The third-order valence-electron chi connectivity index (χ3n) is 5.36. The number of hydrogen-bond donors (Lipinski definition) is 2. The molecule has 3 heteroatoms. The van der Waals surface area contributed by atoms with Crippen LogP contribution in [-0.4, -0.2) is 40.7 Å². The van der Waals surface area contributed by atoms with Gasteiger partial charge in [0.15, 0.2) is 0 Å². The Kier molecular flexibility index (Phi) is 3.35. The normalized spacial score (nSPS) is 24.4. The molecule has 2 N–H and O–H groups in total. The van der Waals surface area contributed by atoms with Gasteiger partial charge in [-0.05, 0) is 49.1 Å². The smallest absolute Gasteiger partial charge is 0.0654 e. The van der Waals surface area contributed by atoms with E-state index >= 15 is 0 Å². The first-order valence-corrected chi connectivity index (χ1v) is 8.37. The summed E-state index contributed by atoms with van der Waals surface area (Å²) in [6, 6.07) is 7.14. The molecule has 2 aliphatic rings. The van der Waals surface area contributed by atoms with Crippen LogP contribution in [0, 0.1) is 6.92 Å². The number of nitrogens with zero attached hydrogens (tertiary/aromatic N) is 1. The van der Waals surface area contributed by atoms with E-state index in [9.17, 15) is 5.11 Å². The van der Waals surface area contributed by atoms with Crippen LogP contribution in [0.15, 0.2) is 29.8 Å². The van der Waals surface area contributed by atoms with Gasteiger partial charge in [-0.1, -0.05) is 25.1 Å². The van der Waals surface area contributed by atoms with E-state index in [1.54, 1.807) is 0 Å². The van der Waals surface area contributed by atoms with E-state index in [0.29, 0.717) is 12.0 Å². The Morgan fingerprint density at radius 3 is 3.00 bits per heavy atom. The third kappa shape index (κ3) is 1.96. The molecule has 3 nitrogen and oxygen atoms in total. The van der Waals surface area contributed by atoms with Gasteiger partial charge in [0, 0.05) is 35.1 Å². The topological polar surface area (TPSA) is 39.3 Å². The molecule has 116 valence electrons. The number of aryl methyl sites for hydroxylation is 1. The summed E-state index contributed by atoms with van der Waals surface area (Å²) in [5, 5.41) is 11.1. The first-order valence-electron chi connectivity index (χ1n) is 8.37. The fourth-order valence-corrected chi connectivity index (χ4v) is 4.43. The van der Waals surface area contributed by atoms with Crippen molar-refractivity contribution < 1.29 is 5.11 Å². The number of H-pyrrole nitrogens is 1. The van der Waals surface area contributed by atoms with Crippen molar-refractivity contribution in [3.8, 4) is 0 Å². The number of aliphatic hydroxyl groups is 1. The summed E-state index contributed by atoms with van der Waals surface area (Å²) in [4.78, 5) is 6.13. The second-order valence-corrected chi connectivity index (χ2v) is 6.75. The minimum Gasteiger partial charge on any atom is -0.392 e. The van der Waals surface area contributed by atoms with E-state index in [0.717, 1.165) is 25.9 Å². The van der Waals surface area contributed by atoms with Crippen LogP contribution in [0.25, 0.3) is 10.9 Å². The Hall–Kier alpha value is -1.58. The van der Waals surface area contributed by atoms with Crippen LogP contribution in [-0.2, 0) is 6.42 Å². The molecule has 4 rings (SSSR count). The van der Waals surface area contributed by atoms with Crippen molar-refractivity contribution in [1.82, 2.24) is 9.88 Å². The minimum absolute atomic E-state index is 0.179. The zero-order valence-corrected chi connectivity index (χ0v) is 13.4. The molecule has 1 aromatic carbocycles. The molecule has 1 aliphatic heterocycles. The van der Waals surface area contributed by atoms with Gasteiger partial charge in [-0.15, -0.1) is 0 Å². The molecule has 1 aromatic heterocycles. The van der Waals surface area contributed by atoms with Crippen LogP contribution in [0.3, 0.4) is 0 Å². The lowest BCUT2D eigenvalue weighted by atomic mass is 9.76. The molecule has 0 spiro atoms. The first kappa shape index (κ1) is 14.0. The first-order chi connectivity index (χ1) is 10.7. The van der Waals surface area contributed by atoms with Gasteiger partial charge in [0.05, 0.1) is 6.61 Å². The summed E-state index contributed by atoms with van der Waals surface area (Å²) in [5.74, 6) is 0.411. The Morgan fingerprint density at radius 2 is 2.23 bits per heavy atom. The Balaban J connectivity index is 1.89. The molecule has 1 aliphatic carbocycles. The van der Waals surface area contributed by atoms with Gasteiger partial charge in [0.2, 0.25) is 0 Å². The highest BCUT2D eigenvalue weighted by atomic mass is 16.3. The highest BCUT2D eigenvalue weighted by Crippen LogP contribution is 2.43. The monoisotopic (exact) mass is 296 g/mol. The fraction of sp³-hybridized carbons (Fsp3) is 0.474. The fourth-order valence-electron chi connectivity index (χ4n) is 4.43. The number of benzene rings is 1. The zero-order chi connectivity index (χ0) is 15.3. The third-order valence-corrected chi connectivity index (χ3v) is 5.36. The average Bonchev–Trinajstić information content (AvgIpc) is 2.85. The van der Waals surface area contributed by atoms with E-state index in [1.165, 1.54) is 33.3 Å². The van der Waals surface area contributed by atoms with Crippen molar-refractivity contribution in [2.24, 2.45) is 0 Å². The molecule has 0 bridgehead atoms. The Bertz CT molecular complexity index is 743. The van der Waals surface area contributed by atoms with Crippen LogP contribution in [0.5, 0.6) is 0 Å². The standard InChI is InChI=1S/C19H24N2O/c1-3-7-21-10-13(11-22)8-16-14-5-4-6-17-19(14)15(9-18(16)21)12(2)20-17/h4-6,8,16,18,20,22H,3,7,9-11H2,1-2H3/t16-,18-/m1/s1. The number of hydrogen-bond acceptors (Lipinski definition) is 2. The molecule has 0 fully saturated rings. The van der Waals surface area contributed by atoms with Crippen LogP contribution in [0.4, 0.5) is 0 Å². The Labute approximate surface area is 131 Å². The SMILES string of the molecule is CCCN1CC(CO)=C[C@@H]2c3cccc4[nH]c(C)c(c34)C[C@H]21. The maximum atomic E-state index is 9.66. The van der Waals surface area contributed by atoms with Crippen molar-refractivity contribution in [2.75, 3.05) is 19.7 Å². The molecular formula is C19H24N2O. The molecule has 0 unspecified atom stereocenters. The lowest BCUT2D eigenvalue weighted by Crippen LogP contribution is -2.47. The highest BCUT2D eigenvalue weighted by molar-refractivity contribution is 5.90. The lowest BCUT2D eigenvalue weighted by molar-refractivity contribution is 0.171. The van der Waals surface area contributed by atoms with Gasteiger partial charge in [-0.3, -0.25) is 4.90 Å². The van der Waals surface area contributed by atoms with Gasteiger partial charge in [0.25, 0.3) is 0 Å². The molecule has 2 atom stereocenters. The van der Waals surface area contributed by atoms with Crippen molar-refractivity contribution in [2.45, 2.75) is 38.6 Å². The predicted molar refractivity (Wildman–Crippen MR) is 90.3 cm³/mol. The van der Waals surface area contributed by atoms with Gasteiger partial charge in [-0.25, -0.2) is 0 Å². The summed E-state index contributed by atoms with van der Waals surface area (Å²) < 4.78 is 0. The second-order valence-electron chi connectivity index (χ2n) is 6.75. The largest absolute Gasteiger partial charge is 0.392 e. The van der Waals surface area contributed by atoms with Crippen LogP contribution in [0.1, 0.15) is 36.1 Å². The predicted octanol–water partition coefficient (Wildman–Crippen LogP) is 3.13. The molecule has 2 heterocycles. The van der Waals surface area contributed by atoms with Gasteiger partial charge >= 0.3 is 0 Å². The van der Waals surface area contributed by atoms with Gasteiger partial charge in [0.1, 0.15) is 0 Å². The second kappa shape index (κ2) is 5.25. The average molecular weight is 296 g/mol. The number of rotatable bonds is 3. The quantitative estimate of drug-likeness (QED) is 0.854. The van der Waals surface area contributed by atoms with Crippen LogP contribution in [0.2, 0.25) is 0 Å². The molecule has 2 aromatic rings. The molecule has 0 saturated carbocycles. The van der Waals surface area contributed by atoms with Crippen molar-refractivity contribution in [3.05, 3.63) is 46.7 Å². The van der Waals surface area contributed by atoms with E-state index < -0.39 is 0 Å². The maximum absolute atomic E-state index is 9.66. The lowest BCUT2D eigenvalue weighted by Gasteiger charge is -2.43. The minimum atomic E-state index is 0.179.